The van der Waals surface area contributed by atoms with E-state index in [4.69, 9.17) is 13.9 Å². The van der Waals surface area contributed by atoms with Crippen molar-refractivity contribution in [1.82, 2.24) is 0 Å². The monoisotopic (exact) mass is 562 g/mol. The van der Waals surface area contributed by atoms with E-state index in [9.17, 15) is 9.90 Å². The predicted molar refractivity (Wildman–Crippen MR) is 164 cm³/mol. The Balaban J connectivity index is 1.95. The summed E-state index contributed by atoms with van der Waals surface area (Å²) < 4.78 is 18.6. The molecule has 0 saturated heterocycles. The molecule has 0 aliphatic heterocycles. The summed E-state index contributed by atoms with van der Waals surface area (Å²) in [6, 6.07) is 31.1. The van der Waals surface area contributed by atoms with Crippen LogP contribution < -0.4 is 10.4 Å². The molecule has 0 aliphatic rings. The van der Waals surface area contributed by atoms with Gasteiger partial charge in [-0.15, -0.1) is 0 Å². The van der Waals surface area contributed by atoms with Gasteiger partial charge < -0.3 is 19.0 Å². The first-order chi connectivity index (χ1) is 19.0. The van der Waals surface area contributed by atoms with Crippen molar-refractivity contribution in [2.45, 2.75) is 65.4 Å². The Morgan fingerprint density at radius 2 is 1.30 bits per heavy atom. The van der Waals surface area contributed by atoms with Crippen LogP contribution in [0.3, 0.4) is 0 Å². The van der Waals surface area contributed by atoms with Gasteiger partial charge in [0.15, 0.2) is 0 Å². The standard InChI is InChI=1S/C34H46O5Si/c1-25(32(38-24-28-17-11-8-12-18-28)26(2)31(35)27(3)33(36)37-7)23-39-40(34(4,5)6,29-19-13-9-14-20-29)30-21-15-10-16-22-30/h8-22,25-27,31-32,35H,23-24H2,1-7H3/t25-,26-,27+,31-,32+/m0/s1. The van der Waals surface area contributed by atoms with E-state index in [1.54, 1.807) is 6.92 Å². The topological polar surface area (TPSA) is 65.0 Å². The molecule has 0 radical (unpaired) electrons. The van der Waals surface area contributed by atoms with Crippen molar-refractivity contribution in [2.24, 2.45) is 17.8 Å². The number of benzene rings is 3. The van der Waals surface area contributed by atoms with E-state index in [1.165, 1.54) is 17.5 Å². The third kappa shape index (κ3) is 7.29. The van der Waals surface area contributed by atoms with Gasteiger partial charge in [0, 0.05) is 18.4 Å². The minimum atomic E-state index is -2.74. The zero-order valence-corrected chi connectivity index (χ0v) is 26.0. The lowest BCUT2D eigenvalue weighted by molar-refractivity contribution is -0.153. The summed E-state index contributed by atoms with van der Waals surface area (Å²) in [5.74, 6) is -1.51. The van der Waals surface area contributed by atoms with E-state index >= 15 is 0 Å². The molecule has 3 aromatic carbocycles. The molecule has 0 aliphatic carbocycles. The number of aliphatic hydroxyl groups excluding tert-OH is 1. The summed E-state index contributed by atoms with van der Waals surface area (Å²) >= 11 is 0. The Morgan fingerprint density at radius 1 is 0.825 bits per heavy atom. The van der Waals surface area contributed by atoms with E-state index in [1.807, 2.05) is 49.4 Å². The first-order valence-corrected chi connectivity index (χ1v) is 16.1. The van der Waals surface area contributed by atoms with Crippen molar-refractivity contribution in [3.05, 3.63) is 96.6 Å². The average Bonchev–Trinajstić information content (AvgIpc) is 2.97. The normalized spacial score (nSPS) is 16.0. The lowest BCUT2D eigenvalue weighted by atomic mass is 9.84. The Morgan fingerprint density at radius 3 is 1.75 bits per heavy atom. The highest BCUT2D eigenvalue weighted by atomic mass is 28.4. The largest absolute Gasteiger partial charge is 0.469 e. The van der Waals surface area contributed by atoms with Crippen LogP contribution in [0, 0.1) is 17.8 Å². The molecule has 40 heavy (non-hydrogen) atoms. The Labute approximate surface area is 241 Å². The van der Waals surface area contributed by atoms with Crippen molar-refractivity contribution >= 4 is 24.7 Å². The third-order valence-corrected chi connectivity index (χ3v) is 13.0. The van der Waals surface area contributed by atoms with E-state index in [0.29, 0.717) is 13.2 Å². The zero-order valence-electron chi connectivity index (χ0n) is 25.0. The second kappa shape index (κ2) is 14.2. The number of rotatable bonds is 13. The number of hydrogen-bond donors (Lipinski definition) is 1. The maximum absolute atomic E-state index is 12.3. The summed E-state index contributed by atoms with van der Waals surface area (Å²) in [6.45, 7) is 13.4. The van der Waals surface area contributed by atoms with Gasteiger partial charge in [0.2, 0.25) is 0 Å². The van der Waals surface area contributed by atoms with Gasteiger partial charge in [-0.25, -0.2) is 0 Å². The molecule has 0 spiro atoms. The molecule has 0 unspecified atom stereocenters. The average molecular weight is 563 g/mol. The minimum Gasteiger partial charge on any atom is -0.469 e. The highest BCUT2D eigenvalue weighted by Crippen LogP contribution is 2.37. The molecule has 3 rings (SSSR count). The molecule has 0 bridgehead atoms. The maximum atomic E-state index is 12.3. The molecule has 0 heterocycles. The van der Waals surface area contributed by atoms with Crippen molar-refractivity contribution in [2.75, 3.05) is 13.7 Å². The lowest BCUT2D eigenvalue weighted by Gasteiger charge is -2.44. The number of carbonyl (C=O) groups excluding carboxylic acids is 1. The van der Waals surface area contributed by atoms with E-state index < -0.39 is 26.3 Å². The molecule has 1 N–H and O–H groups in total. The molecule has 5 nitrogen and oxygen atoms in total. The van der Waals surface area contributed by atoms with Crippen LogP contribution in [0.2, 0.25) is 5.04 Å². The Kier molecular flexibility index (Phi) is 11.3. The SMILES string of the molecule is COC(=O)[C@H](C)[C@@H](O)[C@H](C)[C@H](OCc1ccccc1)[C@@H](C)CO[Si](c1ccccc1)(c1ccccc1)C(C)(C)C. The zero-order chi connectivity index (χ0) is 29.3. The van der Waals surface area contributed by atoms with Gasteiger partial charge in [-0.1, -0.05) is 126 Å². The van der Waals surface area contributed by atoms with Gasteiger partial charge in [0.25, 0.3) is 8.32 Å². The number of esters is 1. The smallest absolute Gasteiger partial charge is 0.311 e. The van der Waals surface area contributed by atoms with Crippen LogP contribution in [0.5, 0.6) is 0 Å². The molecule has 0 aromatic heterocycles. The lowest BCUT2D eigenvalue weighted by Crippen LogP contribution is -2.67. The van der Waals surface area contributed by atoms with Gasteiger partial charge in [0.1, 0.15) is 0 Å². The van der Waals surface area contributed by atoms with Crippen molar-refractivity contribution in [1.29, 1.82) is 0 Å². The fraction of sp³-hybridized carbons (Fsp3) is 0.441. The van der Waals surface area contributed by atoms with E-state index in [2.05, 4.69) is 76.2 Å². The molecular formula is C34H46O5Si. The van der Waals surface area contributed by atoms with Crippen molar-refractivity contribution < 1.29 is 23.8 Å². The maximum Gasteiger partial charge on any atom is 0.311 e. The first kappa shape index (κ1) is 31.8. The Bertz CT molecular complexity index is 1120. The second-order valence-electron chi connectivity index (χ2n) is 11.9. The van der Waals surface area contributed by atoms with Crippen LogP contribution >= 0.6 is 0 Å². The molecule has 3 aromatic rings. The van der Waals surface area contributed by atoms with Crippen LogP contribution in [0.15, 0.2) is 91.0 Å². The molecule has 216 valence electrons. The molecule has 0 amide bonds. The fourth-order valence-corrected chi connectivity index (χ4v) is 10.4. The van der Waals surface area contributed by atoms with Gasteiger partial charge >= 0.3 is 5.97 Å². The van der Waals surface area contributed by atoms with Crippen LogP contribution in [0.25, 0.3) is 0 Å². The van der Waals surface area contributed by atoms with Crippen molar-refractivity contribution in [3.63, 3.8) is 0 Å². The predicted octanol–water partition coefficient (Wildman–Crippen LogP) is 5.59. The van der Waals surface area contributed by atoms with Gasteiger partial charge in [-0.3, -0.25) is 4.79 Å². The minimum absolute atomic E-state index is 0.0696. The number of ether oxygens (including phenoxy) is 2. The van der Waals surface area contributed by atoms with E-state index in [-0.39, 0.29) is 23.0 Å². The number of aliphatic hydroxyl groups is 1. The van der Waals surface area contributed by atoms with Crippen LogP contribution in [-0.2, 0) is 25.3 Å². The Hall–Kier alpha value is -2.77. The first-order valence-electron chi connectivity index (χ1n) is 14.2. The second-order valence-corrected chi connectivity index (χ2v) is 16.2. The molecule has 6 heteroatoms. The van der Waals surface area contributed by atoms with Crippen LogP contribution in [0.4, 0.5) is 0 Å². The summed E-state index contributed by atoms with van der Waals surface area (Å²) in [7, 11) is -1.40. The molecular weight excluding hydrogens is 516 g/mol. The van der Waals surface area contributed by atoms with Gasteiger partial charge in [-0.2, -0.15) is 0 Å². The number of methoxy groups -OCH3 is 1. The number of carbonyl (C=O) groups is 1. The molecule has 5 atom stereocenters. The number of hydrogen-bond acceptors (Lipinski definition) is 5. The fourth-order valence-electron chi connectivity index (χ4n) is 5.69. The highest BCUT2D eigenvalue weighted by molar-refractivity contribution is 6.99. The summed E-state index contributed by atoms with van der Waals surface area (Å²) in [5.41, 5.74) is 1.05. The molecule has 0 fully saturated rings. The van der Waals surface area contributed by atoms with Gasteiger partial charge in [0.05, 0.1) is 31.8 Å². The summed E-state index contributed by atoms with van der Waals surface area (Å²) in [4.78, 5) is 12.3. The molecule has 0 saturated carbocycles. The van der Waals surface area contributed by atoms with E-state index in [0.717, 1.165) is 5.56 Å². The van der Waals surface area contributed by atoms with Crippen molar-refractivity contribution in [3.8, 4) is 0 Å². The quantitative estimate of drug-likeness (QED) is 0.217. The van der Waals surface area contributed by atoms with Crippen LogP contribution in [-0.4, -0.2) is 45.3 Å². The highest BCUT2D eigenvalue weighted by Gasteiger charge is 2.50. The summed E-state index contributed by atoms with van der Waals surface area (Å²) in [6.07, 6.45) is -1.29. The van der Waals surface area contributed by atoms with Gasteiger partial charge in [-0.05, 0) is 27.9 Å². The van der Waals surface area contributed by atoms with Crippen LogP contribution in [0.1, 0.15) is 47.1 Å². The summed E-state index contributed by atoms with van der Waals surface area (Å²) in [5, 5.41) is 13.5. The third-order valence-electron chi connectivity index (χ3n) is 7.97.